The Balaban J connectivity index is 2.98. The summed E-state index contributed by atoms with van der Waals surface area (Å²) >= 11 is 0. The SMILES string of the molecule is CCOc1ccc(C(N)=O)cc1F. The predicted molar refractivity (Wildman–Crippen MR) is 46.1 cm³/mol. The maximum atomic E-state index is 13.1. The van der Waals surface area contributed by atoms with Crippen molar-refractivity contribution >= 4 is 5.91 Å². The van der Waals surface area contributed by atoms with Gasteiger partial charge in [0, 0.05) is 5.56 Å². The predicted octanol–water partition coefficient (Wildman–Crippen LogP) is 1.32. The molecule has 3 nitrogen and oxygen atoms in total. The number of halogens is 1. The van der Waals surface area contributed by atoms with Crippen molar-refractivity contribution in [1.82, 2.24) is 0 Å². The zero-order valence-corrected chi connectivity index (χ0v) is 7.21. The van der Waals surface area contributed by atoms with Gasteiger partial charge in [-0.15, -0.1) is 0 Å². The molecule has 0 atom stereocenters. The number of rotatable bonds is 3. The van der Waals surface area contributed by atoms with Gasteiger partial charge in [0.15, 0.2) is 11.6 Å². The van der Waals surface area contributed by atoms with Crippen molar-refractivity contribution in [2.24, 2.45) is 5.73 Å². The van der Waals surface area contributed by atoms with E-state index >= 15 is 0 Å². The fraction of sp³-hybridized carbons (Fsp3) is 0.222. The van der Waals surface area contributed by atoms with Crippen molar-refractivity contribution < 1.29 is 13.9 Å². The molecule has 70 valence electrons. The van der Waals surface area contributed by atoms with Crippen LogP contribution in [0.3, 0.4) is 0 Å². The summed E-state index contributed by atoms with van der Waals surface area (Å²) in [4.78, 5) is 10.6. The lowest BCUT2D eigenvalue weighted by Gasteiger charge is -2.04. The lowest BCUT2D eigenvalue weighted by molar-refractivity contribution is 0.1000. The Hall–Kier alpha value is -1.58. The molecular weight excluding hydrogens is 173 g/mol. The van der Waals surface area contributed by atoms with Crippen LogP contribution in [0.5, 0.6) is 5.75 Å². The Morgan fingerprint density at radius 1 is 1.62 bits per heavy atom. The van der Waals surface area contributed by atoms with Gasteiger partial charge < -0.3 is 10.5 Å². The number of benzene rings is 1. The van der Waals surface area contributed by atoms with E-state index in [2.05, 4.69) is 0 Å². The summed E-state index contributed by atoms with van der Waals surface area (Å²) in [5.74, 6) is -1.09. The molecule has 0 aliphatic rings. The number of hydrogen-bond donors (Lipinski definition) is 1. The van der Waals surface area contributed by atoms with Gasteiger partial charge in [-0.3, -0.25) is 4.79 Å². The molecule has 0 aliphatic heterocycles. The monoisotopic (exact) mass is 183 g/mol. The van der Waals surface area contributed by atoms with E-state index in [9.17, 15) is 9.18 Å². The number of hydrogen-bond acceptors (Lipinski definition) is 2. The maximum Gasteiger partial charge on any atom is 0.248 e. The third-order valence-electron chi connectivity index (χ3n) is 1.52. The summed E-state index contributed by atoms with van der Waals surface area (Å²) in [6.45, 7) is 2.13. The van der Waals surface area contributed by atoms with Crippen LogP contribution in [0.2, 0.25) is 0 Å². The van der Waals surface area contributed by atoms with Gasteiger partial charge >= 0.3 is 0 Å². The van der Waals surface area contributed by atoms with Gasteiger partial charge in [-0.25, -0.2) is 4.39 Å². The van der Waals surface area contributed by atoms with Crippen molar-refractivity contribution in [2.75, 3.05) is 6.61 Å². The second-order valence-corrected chi connectivity index (χ2v) is 2.44. The van der Waals surface area contributed by atoms with Crippen molar-refractivity contribution in [3.63, 3.8) is 0 Å². The molecule has 0 unspecified atom stereocenters. The normalized spacial score (nSPS) is 9.69. The minimum absolute atomic E-state index is 0.132. The van der Waals surface area contributed by atoms with E-state index in [1.165, 1.54) is 12.1 Å². The molecule has 4 heteroatoms. The van der Waals surface area contributed by atoms with Gasteiger partial charge in [0.1, 0.15) is 0 Å². The quantitative estimate of drug-likeness (QED) is 0.768. The molecule has 1 rings (SSSR count). The zero-order chi connectivity index (χ0) is 9.84. The molecule has 1 aromatic carbocycles. The van der Waals surface area contributed by atoms with Gasteiger partial charge in [0.25, 0.3) is 0 Å². The average molecular weight is 183 g/mol. The van der Waals surface area contributed by atoms with Crippen LogP contribution in [0.1, 0.15) is 17.3 Å². The van der Waals surface area contributed by atoms with E-state index in [0.717, 1.165) is 6.07 Å². The fourth-order valence-electron chi connectivity index (χ4n) is 0.927. The molecule has 0 spiro atoms. The molecule has 0 fully saturated rings. The van der Waals surface area contributed by atoms with Crippen LogP contribution in [0.4, 0.5) is 4.39 Å². The minimum atomic E-state index is -0.651. The molecule has 1 aromatic rings. The molecular formula is C9H10FNO2. The van der Waals surface area contributed by atoms with Crippen LogP contribution in [0.15, 0.2) is 18.2 Å². The summed E-state index contributed by atoms with van der Waals surface area (Å²) in [6.07, 6.45) is 0. The second kappa shape index (κ2) is 3.89. The first-order valence-corrected chi connectivity index (χ1v) is 3.87. The van der Waals surface area contributed by atoms with E-state index in [4.69, 9.17) is 10.5 Å². The Kier molecular flexibility index (Phi) is 2.84. The number of amides is 1. The highest BCUT2D eigenvalue weighted by molar-refractivity contribution is 5.92. The summed E-state index contributed by atoms with van der Waals surface area (Å²) in [5, 5.41) is 0. The van der Waals surface area contributed by atoms with Gasteiger partial charge in [0.2, 0.25) is 5.91 Å². The molecule has 0 bridgehead atoms. The molecule has 0 radical (unpaired) electrons. The Labute approximate surface area is 75.3 Å². The number of nitrogens with two attached hydrogens (primary N) is 1. The molecule has 0 aliphatic carbocycles. The van der Waals surface area contributed by atoms with E-state index < -0.39 is 11.7 Å². The summed E-state index contributed by atoms with van der Waals surface area (Å²) < 4.78 is 18.0. The third-order valence-corrected chi connectivity index (χ3v) is 1.52. The topological polar surface area (TPSA) is 52.3 Å². The minimum Gasteiger partial charge on any atom is -0.491 e. The zero-order valence-electron chi connectivity index (χ0n) is 7.21. The fourth-order valence-corrected chi connectivity index (χ4v) is 0.927. The van der Waals surface area contributed by atoms with Gasteiger partial charge in [-0.05, 0) is 25.1 Å². The second-order valence-electron chi connectivity index (χ2n) is 2.44. The molecule has 13 heavy (non-hydrogen) atoms. The van der Waals surface area contributed by atoms with E-state index in [0.29, 0.717) is 6.61 Å². The first-order valence-electron chi connectivity index (χ1n) is 3.87. The Morgan fingerprint density at radius 2 is 2.31 bits per heavy atom. The molecule has 0 heterocycles. The first kappa shape index (κ1) is 9.51. The Bertz CT molecular complexity index is 325. The molecule has 0 aromatic heterocycles. The van der Waals surface area contributed by atoms with Crippen molar-refractivity contribution in [1.29, 1.82) is 0 Å². The highest BCUT2D eigenvalue weighted by Crippen LogP contribution is 2.17. The van der Waals surface area contributed by atoms with Crippen molar-refractivity contribution in [3.8, 4) is 5.75 Å². The third kappa shape index (κ3) is 2.18. The summed E-state index contributed by atoms with van der Waals surface area (Å²) in [6, 6.07) is 3.88. The van der Waals surface area contributed by atoms with E-state index in [1.807, 2.05) is 0 Å². The molecule has 0 saturated carbocycles. The summed E-state index contributed by atoms with van der Waals surface area (Å²) in [7, 11) is 0. The largest absolute Gasteiger partial charge is 0.491 e. The molecule has 0 saturated heterocycles. The van der Waals surface area contributed by atoms with Gasteiger partial charge in [-0.1, -0.05) is 0 Å². The summed E-state index contributed by atoms with van der Waals surface area (Å²) in [5.41, 5.74) is 5.10. The van der Waals surface area contributed by atoms with Crippen LogP contribution < -0.4 is 10.5 Å². The lowest BCUT2D eigenvalue weighted by atomic mass is 10.2. The molecule has 2 N–H and O–H groups in total. The smallest absolute Gasteiger partial charge is 0.248 e. The van der Waals surface area contributed by atoms with Crippen molar-refractivity contribution in [3.05, 3.63) is 29.6 Å². The number of carbonyl (C=O) groups excluding carboxylic acids is 1. The lowest BCUT2D eigenvalue weighted by Crippen LogP contribution is -2.11. The van der Waals surface area contributed by atoms with Crippen LogP contribution in [-0.4, -0.2) is 12.5 Å². The van der Waals surface area contributed by atoms with E-state index in [1.54, 1.807) is 6.92 Å². The number of carbonyl (C=O) groups is 1. The maximum absolute atomic E-state index is 13.1. The van der Waals surface area contributed by atoms with Crippen LogP contribution >= 0.6 is 0 Å². The highest BCUT2D eigenvalue weighted by atomic mass is 19.1. The van der Waals surface area contributed by atoms with Crippen molar-refractivity contribution in [2.45, 2.75) is 6.92 Å². The highest BCUT2D eigenvalue weighted by Gasteiger charge is 2.06. The van der Waals surface area contributed by atoms with Gasteiger partial charge in [-0.2, -0.15) is 0 Å². The Morgan fingerprint density at radius 3 is 2.77 bits per heavy atom. The standard InChI is InChI=1S/C9H10FNO2/c1-2-13-8-4-3-6(9(11)12)5-7(8)10/h3-5H,2H2,1H3,(H2,11,12). The van der Waals surface area contributed by atoms with Crippen LogP contribution in [0.25, 0.3) is 0 Å². The number of ether oxygens (including phenoxy) is 1. The first-order chi connectivity index (χ1) is 6.15. The number of primary amides is 1. The van der Waals surface area contributed by atoms with E-state index in [-0.39, 0.29) is 11.3 Å². The van der Waals surface area contributed by atoms with Gasteiger partial charge in [0.05, 0.1) is 6.61 Å². The van der Waals surface area contributed by atoms with Crippen LogP contribution in [-0.2, 0) is 0 Å². The van der Waals surface area contributed by atoms with Crippen LogP contribution in [0, 0.1) is 5.82 Å². The molecule has 1 amide bonds. The average Bonchev–Trinajstić information content (AvgIpc) is 2.08.